The molecule has 1 aliphatic heterocycles. The lowest BCUT2D eigenvalue weighted by atomic mass is 9.96. The van der Waals surface area contributed by atoms with Crippen molar-refractivity contribution in [1.82, 2.24) is 24.8 Å². The quantitative estimate of drug-likeness (QED) is 0.424. The molecule has 2 N–H and O–H groups in total. The summed E-state index contributed by atoms with van der Waals surface area (Å²) in [7, 11) is 2.11. The highest BCUT2D eigenvalue weighted by atomic mass is 16.3. The molecule has 0 aliphatic carbocycles. The number of hydrogen-bond acceptors (Lipinski definition) is 6. The van der Waals surface area contributed by atoms with Crippen molar-refractivity contribution in [2.75, 3.05) is 20.1 Å². The zero-order valence-electron chi connectivity index (χ0n) is 21.2. The molecule has 0 saturated carbocycles. The number of nitrogens with zero attached hydrogens (tertiary/aromatic N) is 4. The fraction of sp³-hybridized carbons (Fsp3) is 0.345. The number of nitrogens with one attached hydrogen (secondary N) is 1. The van der Waals surface area contributed by atoms with E-state index in [4.69, 9.17) is 0 Å². The molecule has 4 aromatic rings. The molecule has 5 rings (SSSR count). The second-order valence-corrected chi connectivity index (χ2v) is 10.0. The van der Waals surface area contributed by atoms with E-state index in [1.807, 2.05) is 6.20 Å². The van der Waals surface area contributed by atoms with Crippen LogP contribution in [0.25, 0.3) is 27.8 Å². The standard InChI is InChI=1S/C29H33N5O2/c1-19-11-20(2)13-21(12-19)25-15-31-28-27(26(25)17-33(3)16-22-7-4-5-10-30-22)29(36)34(18-32-28)23-8-6-9-24(35)14-23/h6,8-9,11-15,18,22,30,35H,4-5,7,10,16-17H2,1-3H3/t22-/m1/s1. The Morgan fingerprint density at radius 2 is 1.92 bits per heavy atom. The summed E-state index contributed by atoms with van der Waals surface area (Å²) in [5.74, 6) is 0.0987. The van der Waals surface area contributed by atoms with Crippen molar-refractivity contribution >= 4 is 11.0 Å². The molecule has 7 heteroatoms. The maximum Gasteiger partial charge on any atom is 0.267 e. The second-order valence-electron chi connectivity index (χ2n) is 10.0. The van der Waals surface area contributed by atoms with E-state index in [9.17, 15) is 9.90 Å². The van der Waals surface area contributed by atoms with E-state index in [-0.39, 0.29) is 11.3 Å². The highest BCUT2D eigenvalue weighted by molar-refractivity contribution is 5.86. The summed E-state index contributed by atoms with van der Waals surface area (Å²) in [6.45, 7) is 6.73. The Bertz CT molecular complexity index is 1440. The number of aromatic nitrogens is 3. The largest absolute Gasteiger partial charge is 0.508 e. The van der Waals surface area contributed by atoms with Gasteiger partial charge in [0.05, 0.1) is 11.1 Å². The normalized spacial score (nSPS) is 16.1. The lowest BCUT2D eigenvalue weighted by molar-refractivity contribution is 0.257. The van der Waals surface area contributed by atoms with Crippen LogP contribution in [0, 0.1) is 13.8 Å². The molecule has 0 spiro atoms. The van der Waals surface area contributed by atoms with Crippen molar-refractivity contribution in [3.05, 3.63) is 82.0 Å². The van der Waals surface area contributed by atoms with E-state index in [1.54, 1.807) is 24.3 Å². The Balaban J connectivity index is 1.67. The summed E-state index contributed by atoms with van der Waals surface area (Å²) >= 11 is 0. The van der Waals surface area contributed by atoms with Crippen LogP contribution < -0.4 is 10.9 Å². The number of fused-ring (bicyclic) bond motifs is 1. The fourth-order valence-electron chi connectivity index (χ4n) is 5.31. The topological polar surface area (TPSA) is 83.3 Å². The van der Waals surface area contributed by atoms with Crippen LogP contribution in [0.15, 0.2) is 59.8 Å². The van der Waals surface area contributed by atoms with Crippen LogP contribution in [0.1, 0.15) is 36.0 Å². The molecule has 3 heterocycles. The first-order valence-corrected chi connectivity index (χ1v) is 12.6. The Morgan fingerprint density at radius 3 is 2.64 bits per heavy atom. The number of phenolic OH excluding ortho intramolecular Hbond substituents is 1. The van der Waals surface area contributed by atoms with Gasteiger partial charge in [-0.15, -0.1) is 0 Å². The lowest BCUT2D eigenvalue weighted by Crippen LogP contribution is -2.42. The van der Waals surface area contributed by atoms with Crippen LogP contribution in [0.4, 0.5) is 0 Å². The van der Waals surface area contributed by atoms with Crippen LogP contribution >= 0.6 is 0 Å². The number of pyridine rings is 1. The Labute approximate surface area is 211 Å². The third-order valence-electron chi connectivity index (χ3n) is 6.91. The van der Waals surface area contributed by atoms with Gasteiger partial charge in [0, 0.05) is 37.0 Å². The number of likely N-dealkylation sites (N-methyl/N-ethyl adjacent to an activating group) is 1. The molecule has 186 valence electrons. The molecule has 1 aliphatic rings. The van der Waals surface area contributed by atoms with Crippen LogP contribution in [-0.2, 0) is 6.54 Å². The average Bonchev–Trinajstić information content (AvgIpc) is 2.84. The van der Waals surface area contributed by atoms with Gasteiger partial charge in [0.2, 0.25) is 0 Å². The first kappa shape index (κ1) is 24.2. The summed E-state index contributed by atoms with van der Waals surface area (Å²) < 4.78 is 1.49. The summed E-state index contributed by atoms with van der Waals surface area (Å²) in [5.41, 5.74) is 6.07. The van der Waals surface area contributed by atoms with Crippen molar-refractivity contribution in [3.63, 3.8) is 0 Å². The Morgan fingerprint density at radius 1 is 1.11 bits per heavy atom. The van der Waals surface area contributed by atoms with Gasteiger partial charge >= 0.3 is 0 Å². The van der Waals surface area contributed by atoms with Gasteiger partial charge in [0.1, 0.15) is 12.1 Å². The summed E-state index contributed by atoms with van der Waals surface area (Å²) in [4.78, 5) is 25.4. The van der Waals surface area contributed by atoms with Crippen LogP contribution in [0.5, 0.6) is 5.75 Å². The second kappa shape index (κ2) is 10.2. The van der Waals surface area contributed by atoms with Gasteiger partial charge in [-0.2, -0.15) is 0 Å². The molecular weight excluding hydrogens is 450 g/mol. The van der Waals surface area contributed by atoms with Crippen molar-refractivity contribution in [1.29, 1.82) is 0 Å². The first-order chi connectivity index (χ1) is 17.4. The molecule has 0 radical (unpaired) electrons. The number of aromatic hydroxyl groups is 1. The van der Waals surface area contributed by atoms with Crippen LogP contribution in [0.3, 0.4) is 0 Å². The minimum atomic E-state index is -0.191. The highest BCUT2D eigenvalue weighted by Crippen LogP contribution is 2.30. The van der Waals surface area contributed by atoms with E-state index in [0.29, 0.717) is 29.3 Å². The van der Waals surface area contributed by atoms with Crippen molar-refractivity contribution in [2.45, 2.75) is 45.7 Å². The number of benzene rings is 2. The van der Waals surface area contributed by atoms with E-state index < -0.39 is 0 Å². The lowest BCUT2D eigenvalue weighted by Gasteiger charge is -2.29. The van der Waals surface area contributed by atoms with E-state index in [2.05, 4.69) is 59.3 Å². The molecule has 0 unspecified atom stereocenters. The van der Waals surface area contributed by atoms with E-state index >= 15 is 0 Å². The van der Waals surface area contributed by atoms with Gasteiger partial charge in [0.25, 0.3) is 5.56 Å². The third kappa shape index (κ3) is 5.03. The van der Waals surface area contributed by atoms with Gasteiger partial charge in [-0.05, 0) is 63.5 Å². The van der Waals surface area contributed by atoms with E-state index in [0.717, 1.165) is 36.2 Å². The molecule has 0 amide bonds. The fourth-order valence-corrected chi connectivity index (χ4v) is 5.31. The van der Waals surface area contributed by atoms with Crippen molar-refractivity contribution in [3.8, 4) is 22.6 Å². The van der Waals surface area contributed by atoms with Gasteiger partial charge in [-0.1, -0.05) is 41.8 Å². The third-order valence-corrected chi connectivity index (χ3v) is 6.91. The summed E-state index contributed by atoms with van der Waals surface area (Å²) in [6, 6.07) is 13.5. The SMILES string of the molecule is Cc1cc(C)cc(-c2cnc3ncn(-c4cccc(O)c4)c(=O)c3c2CN(C)C[C@H]2CCCCN2)c1. The number of aryl methyl sites for hydroxylation is 2. The zero-order chi connectivity index (χ0) is 25.2. The average molecular weight is 484 g/mol. The van der Waals surface area contributed by atoms with E-state index in [1.165, 1.54) is 34.9 Å². The number of phenols is 1. The zero-order valence-corrected chi connectivity index (χ0v) is 21.2. The number of hydrogen-bond donors (Lipinski definition) is 2. The first-order valence-electron chi connectivity index (χ1n) is 12.6. The summed E-state index contributed by atoms with van der Waals surface area (Å²) in [5, 5.41) is 14.1. The van der Waals surface area contributed by atoms with Crippen molar-refractivity contribution < 1.29 is 5.11 Å². The molecule has 2 aromatic heterocycles. The molecule has 7 nitrogen and oxygen atoms in total. The monoisotopic (exact) mass is 483 g/mol. The molecule has 1 saturated heterocycles. The maximum atomic E-state index is 13.9. The van der Waals surface area contributed by atoms with Gasteiger partial charge in [0.15, 0.2) is 5.65 Å². The molecular formula is C29H33N5O2. The van der Waals surface area contributed by atoms with Crippen molar-refractivity contribution in [2.24, 2.45) is 0 Å². The predicted octanol–water partition coefficient (Wildman–Crippen LogP) is 4.34. The smallest absolute Gasteiger partial charge is 0.267 e. The predicted molar refractivity (Wildman–Crippen MR) is 144 cm³/mol. The Hall–Kier alpha value is -3.55. The number of piperidine rings is 1. The minimum Gasteiger partial charge on any atom is -0.508 e. The van der Waals surface area contributed by atoms with Crippen LogP contribution in [0.2, 0.25) is 0 Å². The van der Waals surface area contributed by atoms with Gasteiger partial charge in [-0.25, -0.2) is 9.97 Å². The Kier molecular flexibility index (Phi) is 6.85. The molecule has 1 fully saturated rings. The molecule has 0 bridgehead atoms. The van der Waals surface area contributed by atoms with Crippen LogP contribution in [-0.4, -0.2) is 50.7 Å². The molecule has 36 heavy (non-hydrogen) atoms. The van der Waals surface area contributed by atoms with Gasteiger partial charge < -0.3 is 15.3 Å². The highest BCUT2D eigenvalue weighted by Gasteiger charge is 2.21. The summed E-state index contributed by atoms with van der Waals surface area (Å²) in [6.07, 6.45) is 6.98. The molecule has 1 atom stereocenters. The van der Waals surface area contributed by atoms with Gasteiger partial charge in [-0.3, -0.25) is 9.36 Å². The maximum absolute atomic E-state index is 13.9. The molecule has 2 aromatic carbocycles. The number of rotatable bonds is 6. The minimum absolute atomic E-state index is 0.0987.